The second kappa shape index (κ2) is 42.8. The van der Waals surface area contributed by atoms with E-state index >= 15 is 0 Å². The van der Waals surface area contributed by atoms with Gasteiger partial charge in [-0.1, -0.05) is 27.7 Å². The fraction of sp³-hybridized carbons (Fsp3) is 0.571. The Morgan fingerprint density at radius 3 is 0.583 bits per heavy atom. The lowest BCUT2D eigenvalue weighted by Gasteiger charge is -1.71. The molecular weight excluding hydrogens is 324 g/mol. The van der Waals surface area contributed by atoms with E-state index in [4.69, 9.17) is 20.4 Å². The second-order valence-corrected chi connectivity index (χ2v) is 2.99. The molecule has 0 aliphatic carbocycles. The predicted octanol–water partition coefficient (Wildman–Crippen LogP) is 3.05. The fourth-order valence-corrected chi connectivity index (χ4v) is 0. The second-order valence-electron chi connectivity index (χ2n) is 2.99. The lowest BCUT2D eigenvalue weighted by molar-refractivity contribution is -0.137. The number of carboxylic acid groups (broad SMARTS) is 4. The topological polar surface area (TPSA) is 219 Å². The third-order valence-corrected chi connectivity index (χ3v) is 1.21. The van der Waals surface area contributed by atoms with Crippen molar-refractivity contribution in [1.29, 1.82) is 0 Å². The van der Waals surface area contributed by atoms with E-state index in [0.717, 1.165) is 0 Å². The van der Waals surface area contributed by atoms with Crippen LogP contribution in [-0.4, -0.2) is 44.3 Å². The maximum absolute atomic E-state index is 9.37. The van der Waals surface area contributed by atoms with Crippen LogP contribution in [0.4, 0.5) is 0 Å². The molecule has 0 bridgehead atoms. The van der Waals surface area contributed by atoms with E-state index in [1.165, 1.54) is 0 Å². The Balaban J connectivity index is -0.0000000302. The molecule has 148 valence electrons. The summed E-state index contributed by atoms with van der Waals surface area (Å²) in [4.78, 5) is 37.5. The van der Waals surface area contributed by atoms with E-state index in [9.17, 15) is 19.2 Å². The number of carboxylic acids is 4. The van der Waals surface area contributed by atoms with E-state index in [0.29, 0.717) is 0 Å². The third-order valence-electron chi connectivity index (χ3n) is 1.21. The summed E-state index contributed by atoms with van der Waals surface area (Å²) in [6.45, 7) is 12.4. The fourth-order valence-electron chi connectivity index (χ4n) is 0. The van der Waals surface area contributed by atoms with Crippen molar-refractivity contribution in [3.63, 3.8) is 0 Å². The molecule has 24 heavy (non-hydrogen) atoms. The molecular formula is C14H34N2O8. The summed E-state index contributed by atoms with van der Waals surface area (Å²) in [5.74, 6) is -2.98. The molecule has 0 saturated heterocycles. The Bertz CT molecular complexity index is 240. The van der Waals surface area contributed by atoms with Crippen molar-refractivity contribution in [3.8, 4) is 0 Å². The van der Waals surface area contributed by atoms with Crippen LogP contribution >= 0.6 is 0 Å². The van der Waals surface area contributed by atoms with Crippen LogP contribution in [0.2, 0.25) is 0 Å². The molecule has 0 atom stereocenters. The number of aliphatic carboxylic acids is 4. The SMILES string of the molecule is C=C.CCC(=O)O.CCC(=O)O.CCC(=O)O.CCC(=O)O.N.N. The van der Waals surface area contributed by atoms with Crippen molar-refractivity contribution in [2.75, 3.05) is 0 Å². The van der Waals surface area contributed by atoms with E-state index in [1.54, 1.807) is 27.7 Å². The highest BCUT2D eigenvalue weighted by Crippen LogP contribution is 1.68. The first-order chi connectivity index (χ1) is 10.1. The maximum Gasteiger partial charge on any atom is 0.303 e. The van der Waals surface area contributed by atoms with Crippen molar-refractivity contribution < 1.29 is 39.6 Å². The van der Waals surface area contributed by atoms with Crippen LogP contribution in [0.5, 0.6) is 0 Å². The summed E-state index contributed by atoms with van der Waals surface area (Å²) in [5.41, 5.74) is 0. The molecule has 10 nitrogen and oxygen atoms in total. The van der Waals surface area contributed by atoms with Gasteiger partial charge in [0, 0.05) is 25.7 Å². The Morgan fingerprint density at radius 2 is 0.583 bits per heavy atom. The highest BCUT2D eigenvalue weighted by molar-refractivity contribution is 5.66. The van der Waals surface area contributed by atoms with Crippen molar-refractivity contribution in [2.45, 2.75) is 53.4 Å². The Labute approximate surface area is 143 Å². The number of rotatable bonds is 4. The molecule has 0 heterocycles. The number of hydrogen-bond acceptors (Lipinski definition) is 6. The van der Waals surface area contributed by atoms with Crippen LogP contribution in [0.1, 0.15) is 53.4 Å². The minimum Gasteiger partial charge on any atom is -0.481 e. The lowest BCUT2D eigenvalue weighted by Crippen LogP contribution is -1.86. The Hall–Kier alpha value is -2.46. The van der Waals surface area contributed by atoms with Crippen molar-refractivity contribution >= 4 is 23.9 Å². The molecule has 0 aromatic carbocycles. The molecule has 0 rings (SSSR count). The van der Waals surface area contributed by atoms with Gasteiger partial charge in [-0.15, -0.1) is 13.2 Å². The van der Waals surface area contributed by atoms with Crippen LogP contribution in [0.15, 0.2) is 13.2 Å². The molecule has 0 radical (unpaired) electrons. The molecule has 10 heteroatoms. The van der Waals surface area contributed by atoms with Gasteiger partial charge in [0.05, 0.1) is 0 Å². The lowest BCUT2D eigenvalue weighted by atomic mass is 10.5. The minimum absolute atomic E-state index is 0. The standard InChI is InChI=1S/4C3H6O2.C2H4.2H3N/c4*1-2-3(4)5;1-2;;/h4*2H2,1H3,(H,4,5);1-2H2;2*1H3. The van der Waals surface area contributed by atoms with Crippen LogP contribution in [0.25, 0.3) is 0 Å². The maximum atomic E-state index is 9.37. The highest BCUT2D eigenvalue weighted by atomic mass is 16.4. The molecule has 0 unspecified atom stereocenters. The Kier molecular flexibility index (Phi) is 76.6. The van der Waals surface area contributed by atoms with Gasteiger partial charge in [-0.25, -0.2) is 0 Å². The summed E-state index contributed by atoms with van der Waals surface area (Å²) < 4.78 is 0. The van der Waals surface area contributed by atoms with E-state index < -0.39 is 23.9 Å². The molecule has 0 aliphatic heterocycles. The summed E-state index contributed by atoms with van der Waals surface area (Å²) in [6.07, 6.45) is 0.889. The van der Waals surface area contributed by atoms with E-state index in [2.05, 4.69) is 13.2 Å². The average Bonchev–Trinajstić information content (AvgIpc) is 2.50. The zero-order valence-electron chi connectivity index (χ0n) is 15.1. The first-order valence-electron chi connectivity index (χ1n) is 6.45. The van der Waals surface area contributed by atoms with Crippen molar-refractivity contribution in [2.24, 2.45) is 0 Å². The molecule has 0 aliphatic rings. The van der Waals surface area contributed by atoms with Gasteiger partial charge < -0.3 is 32.7 Å². The van der Waals surface area contributed by atoms with Gasteiger partial charge in [-0.05, 0) is 0 Å². The molecule has 0 amide bonds. The van der Waals surface area contributed by atoms with Gasteiger partial charge in [0.15, 0.2) is 0 Å². The normalized spacial score (nSPS) is 6.33. The first-order valence-corrected chi connectivity index (χ1v) is 6.45. The molecule has 10 N–H and O–H groups in total. The molecule has 0 spiro atoms. The summed E-state index contributed by atoms with van der Waals surface area (Å²) in [7, 11) is 0. The smallest absolute Gasteiger partial charge is 0.303 e. The van der Waals surface area contributed by atoms with Gasteiger partial charge in [-0.2, -0.15) is 0 Å². The molecule has 0 fully saturated rings. The summed E-state index contributed by atoms with van der Waals surface area (Å²) in [5, 5.41) is 30.9. The summed E-state index contributed by atoms with van der Waals surface area (Å²) in [6, 6.07) is 0. The van der Waals surface area contributed by atoms with E-state index in [1.807, 2.05) is 0 Å². The van der Waals surface area contributed by atoms with Crippen LogP contribution in [0, 0.1) is 0 Å². The van der Waals surface area contributed by atoms with Crippen molar-refractivity contribution in [3.05, 3.63) is 13.2 Å². The first kappa shape index (κ1) is 43.0. The molecule has 0 saturated carbocycles. The third kappa shape index (κ3) is 219. The zero-order valence-corrected chi connectivity index (χ0v) is 15.1. The van der Waals surface area contributed by atoms with Crippen LogP contribution in [0.3, 0.4) is 0 Å². The highest BCUT2D eigenvalue weighted by Gasteiger charge is 1.82. The number of carbonyl (C=O) groups is 4. The quantitative estimate of drug-likeness (QED) is 0.403. The largest absolute Gasteiger partial charge is 0.481 e. The summed E-state index contributed by atoms with van der Waals surface area (Å²) >= 11 is 0. The average molecular weight is 358 g/mol. The van der Waals surface area contributed by atoms with Gasteiger partial charge in [0.25, 0.3) is 0 Å². The monoisotopic (exact) mass is 358 g/mol. The predicted molar refractivity (Wildman–Crippen MR) is 93.0 cm³/mol. The van der Waals surface area contributed by atoms with Crippen molar-refractivity contribution in [1.82, 2.24) is 12.3 Å². The van der Waals surface area contributed by atoms with Gasteiger partial charge >= 0.3 is 23.9 Å². The minimum atomic E-state index is -0.745. The van der Waals surface area contributed by atoms with Gasteiger partial charge in [-0.3, -0.25) is 19.2 Å². The van der Waals surface area contributed by atoms with Gasteiger partial charge in [0.1, 0.15) is 0 Å². The van der Waals surface area contributed by atoms with Crippen LogP contribution in [-0.2, 0) is 19.2 Å². The number of hydrogen-bond donors (Lipinski definition) is 6. The van der Waals surface area contributed by atoms with Crippen LogP contribution < -0.4 is 12.3 Å². The molecule has 0 aromatic rings. The Morgan fingerprint density at radius 1 is 0.542 bits per heavy atom. The van der Waals surface area contributed by atoms with Gasteiger partial charge in [0.2, 0.25) is 0 Å². The zero-order chi connectivity index (χ0) is 19.1. The van der Waals surface area contributed by atoms with E-state index in [-0.39, 0.29) is 38.0 Å². The molecule has 0 aromatic heterocycles.